The molecule has 0 aliphatic heterocycles. The van der Waals surface area contributed by atoms with Crippen molar-refractivity contribution >= 4 is 0 Å². The van der Waals surface area contributed by atoms with Gasteiger partial charge in [0, 0.05) is 13.2 Å². The Bertz CT molecular complexity index is 345. The summed E-state index contributed by atoms with van der Waals surface area (Å²) in [6, 6.07) is 6.89. The molecule has 1 aromatic rings. The van der Waals surface area contributed by atoms with Crippen LogP contribution >= 0.6 is 0 Å². The second kappa shape index (κ2) is 7.52. The Morgan fingerprint density at radius 2 is 1.83 bits per heavy atom. The van der Waals surface area contributed by atoms with Crippen LogP contribution in [-0.2, 0) is 4.74 Å². The lowest BCUT2D eigenvalue weighted by Gasteiger charge is -2.17. The Hall–Kier alpha value is -0.900. The van der Waals surface area contributed by atoms with Crippen LogP contribution in [0.15, 0.2) is 18.2 Å². The average molecular weight is 251 g/mol. The summed E-state index contributed by atoms with van der Waals surface area (Å²) in [5, 5.41) is 13.0. The fraction of sp³-hybridized carbons (Fsp3) is 0.600. The van der Waals surface area contributed by atoms with E-state index < -0.39 is 0 Å². The predicted molar refractivity (Wildman–Crippen MR) is 74.8 cm³/mol. The Balaban J connectivity index is 2.42. The van der Waals surface area contributed by atoms with Gasteiger partial charge in [0.2, 0.25) is 0 Å². The molecule has 0 radical (unpaired) electrons. The number of rotatable bonds is 7. The predicted octanol–water partition coefficient (Wildman–Crippen LogP) is 2.35. The van der Waals surface area contributed by atoms with Gasteiger partial charge in [-0.1, -0.05) is 29.3 Å². The van der Waals surface area contributed by atoms with Crippen LogP contribution < -0.4 is 5.32 Å². The van der Waals surface area contributed by atoms with E-state index in [1.165, 1.54) is 16.7 Å². The van der Waals surface area contributed by atoms with Gasteiger partial charge in [-0.3, -0.25) is 0 Å². The third-order valence-electron chi connectivity index (χ3n) is 3.03. The molecule has 2 N–H and O–H groups in total. The molecule has 1 rings (SSSR count). The van der Waals surface area contributed by atoms with Gasteiger partial charge in [0.1, 0.15) is 0 Å². The van der Waals surface area contributed by atoms with Crippen molar-refractivity contribution in [1.82, 2.24) is 5.32 Å². The summed E-state index contributed by atoms with van der Waals surface area (Å²) in [5.74, 6) is 0. The monoisotopic (exact) mass is 251 g/mol. The molecule has 0 saturated heterocycles. The highest BCUT2D eigenvalue weighted by Gasteiger charge is 2.07. The van der Waals surface area contributed by atoms with Crippen LogP contribution in [0, 0.1) is 13.8 Å². The number of hydrogen-bond donors (Lipinski definition) is 2. The molecule has 3 nitrogen and oxygen atoms in total. The van der Waals surface area contributed by atoms with Crippen molar-refractivity contribution < 1.29 is 9.84 Å². The summed E-state index contributed by atoms with van der Waals surface area (Å²) in [5.41, 5.74) is 3.88. The van der Waals surface area contributed by atoms with E-state index in [0.29, 0.717) is 19.1 Å². The lowest BCUT2D eigenvalue weighted by molar-refractivity contribution is 0.0590. The molecule has 0 amide bonds. The summed E-state index contributed by atoms with van der Waals surface area (Å²) in [6.45, 7) is 7.58. The first-order chi connectivity index (χ1) is 8.52. The Kier molecular flexibility index (Phi) is 6.33. The average Bonchev–Trinajstić information content (AvgIpc) is 2.27. The van der Waals surface area contributed by atoms with E-state index in [4.69, 9.17) is 4.74 Å². The van der Waals surface area contributed by atoms with E-state index >= 15 is 0 Å². The third kappa shape index (κ3) is 5.17. The van der Waals surface area contributed by atoms with E-state index in [-0.39, 0.29) is 6.10 Å². The molecule has 0 aliphatic carbocycles. The number of aliphatic hydroxyl groups is 1. The highest BCUT2D eigenvalue weighted by Crippen LogP contribution is 2.16. The number of benzene rings is 1. The molecule has 1 aromatic carbocycles. The maximum atomic E-state index is 9.56. The van der Waals surface area contributed by atoms with E-state index in [9.17, 15) is 5.11 Å². The molecule has 2 atom stereocenters. The van der Waals surface area contributed by atoms with Crippen LogP contribution in [0.4, 0.5) is 0 Å². The molecular weight excluding hydrogens is 226 g/mol. The number of aryl methyl sites for hydroxylation is 2. The van der Waals surface area contributed by atoms with E-state index in [1.807, 2.05) is 0 Å². The molecule has 0 fully saturated rings. The summed E-state index contributed by atoms with van der Waals surface area (Å²) in [7, 11) is 1.61. The summed E-state index contributed by atoms with van der Waals surface area (Å²) in [6.07, 6.45) is 0.331. The van der Waals surface area contributed by atoms with Gasteiger partial charge in [-0.05, 0) is 39.3 Å². The topological polar surface area (TPSA) is 41.5 Å². The second-order valence-corrected chi connectivity index (χ2v) is 4.99. The molecule has 2 unspecified atom stereocenters. The Morgan fingerprint density at radius 1 is 1.22 bits per heavy atom. The maximum Gasteiger partial charge on any atom is 0.0785 e. The lowest BCUT2D eigenvalue weighted by atomic mass is 10.0. The van der Waals surface area contributed by atoms with Gasteiger partial charge in [-0.15, -0.1) is 0 Å². The van der Waals surface area contributed by atoms with Gasteiger partial charge in [0.25, 0.3) is 0 Å². The summed E-state index contributed by atoms with van der Waals surface area (Å²) >= 11 is 0. The first-order valence-electron chi connectivity index (χ1n) is 6.51. The van der Waals surface area contributed by atoms with Gasteiger partial charge in [-0.25, -0.2) is 0 Å². The Morgan fingerprint density at radius 3 is 2.39 bits per heavy atom. The maximum absolute atomic E-state index is 9.56. The van der Waals surface area contributed by atoms with Crippen molar-refractivity contribution in [1.29, 1.82) is 0 Å². The molecule has 0 spiro atoms. The second-order valence-electron chi connectivity index (χ2n) is 4.99. The largest absolute Gasteiger partial charge is 0.391 e. The van der Waals surface area contributed by atoms with Crippen molar-refractivity contribution in [3.63, 3.8) is 0 Å². The fourth-order valence-corrected chi connectivity index (χ4v) is 2.12. The quantitative estimate of drug-likeness (QED) is 0.781. The highest BCUT2D eigenvalue weighted by molar-refractivity contribution is 5.30. The van der Waals surface area contributed by atoms with Crippen molar-refractivity contribution in [2.45, 2.75) is 39.3 Å². The van der Waals surface area contributed by atoms with Gasteiger partial charge >= 0.3 is 0 Å². The van der Waals surface area contributed by atoms with Crippen molar-refractivity contribution in [3.8, 4) is 0 Å². The third-order valence-corrected chi connectivity index (χ3v) is 3.03. The molecule has 0 aromatic heterocycles. The van der Waals surface area contributed by atoms with Gasteiger partial charge in [-0.2, -0.15) is 0 Å². The molecule has 0 aliphatic rings. The number of aliphatic hydroxyl groups excluding tert-OH is 1. The van der Waals surface area contributed by atoms with Crippen LogP contribution in [0.2, 0.25) is 0 Å². The summed E-state index contributed by atoms with van der Waals surface area (Å²) < 4.78 is 4.90. The standard InChI is InChI=1S/C15H25NO2/c1-11-7-12(2)9-14(8-11)13(3)16-6-5-15(17)10-18-4/h7-9,13,15-17H,5-6,10H2,1-4H3. The minimum atomic E-state index is -0.381. The SMILES string of the molecule is COCC(O)CCNC(C)c1cc(C)cc(C)c1. The molecular formula is C15H25NO2. The van der Waals surface area contributed by atoms with Crippen LogP contribution in [0.3, 0.4) is 0 Å². The van der Waals surface area contributed by atoms with E-state index in [0.717, 1.165) is 6.54 Å². The highest BCUT2D eigenvalue weighted by atomic mass is 16.5. The van der Waals surface area contributed by atoms with Gasteiger partial charge in [0.05, 0.1) is 12.7 Å². The first kappa shape index (κ1) is 15.2. The Labute approximate surface area is 110 Å². The first-order valence-corrected chi connectivity index (χ1v) is 6.51. The summed E-state index contributed by atoms with van der Waals surface area (Å²) in [4.78, 5) is 0. The van der Waals surface area contributed by atoms with E-state index in [1.54, 1.807) is 7.11 Å². The minimum Gasteiger partial charge on any atom is -0.391 e. The number of ether oxygens (including phenoxy) is 1. The van der Waals surface area contributed by atoms with Crippen molar-refractivity contribution in [2.75, 3.05) is 20.3 Å². The zero-order valence-corrected chi connectivity index (χ0v) is 11.9. The number of hydrogen-bond acceptors (Lipinski definition) is 3. The number of nitrogens with one attached hydrogen (secondary N) is 1. The van der Waals surface area contributed by atoms with Gasteiger partial charge in [0.15, 0.2) is 0 Å². The van der Waals surface area contributed by atoms with Crippen LogP contribution in [0.1, 0.15) is 36.1 Å². The number of methoxy groups -OCH3 is 1. The zero-order valence-electron chi connectivity index (χ0n) is 11.9. The van der Waals surface area contributed by atoms with E-state index in [2.05, 4.69) is 44.3 Å². The van der Waals surface area contributed by atoms with Crippen LogP contribution in [0.25, 0.3) is 0 Å². The minimum absolute atomic E-state index is 0.304. The van der Waals surface area contributed by atoms with Crippen LogP contribution in [-0.4, -0.2) is 31.5 Å². The molecule has 0 heterocycles. The smallest absolute Gasteiger partial charge is 0.0785 e. The molecule has 0 bridgehead atoms. The molecule has 102 valence electrons. The van der Waals surface area contributed by atoms with Crippen LogP contribution in [0.5, 0.6) is 0 Å². The molecule has 18 heavy (non-hydrogen) atoms. The normalized spacial score (nSPS) is 14.5. The van der Waals surface area contributed by atoms with Crippen molar-refractivity contribution in [3.05, 3.63) is 34.9 Å². The molecule has 3 heteroatoms. The van der Waals surface area contributed by atoms with Gasteiger partial charge < -0.3 is 15.2 Å². The fourth-order valence-electron chi connectivity index (χ4n) is 2.12. The zero-order chi connectivity index (χ0) is 13.5. The lowest BCUT2D eigenvalue weighted by Crippen LogP contribution is -2.25. The molecule has 0 saturated carbocycles. The van der Waals surface area contributed by atoms with Crippen molar-refractivity contribution in [2.24, 2.45) is 0 Å².